The van der Waals surface area contributed by atoms with Crippen molar-refractivity contribution in [2.45, 2.75) is 26.7 Å². The van der Waals surface area contributed by atoms with Crippen LogP contribution in [-0.4, -0.2) is 25.5 Å². The molecule has 13 heavy (non-hydrogen) atoms. The van der Waals surface area contributed by atoms with Crippen molar-refractivity contribution in [3.8, 4) is 0 Å². The smallest absolute Gasteiger partial charge is 0.317 e. The maximum atomic E-state index is 10.2. The summed E-state index contributed by atoms with van der Waals surface area (Å²) in [4.78, 5) is 7.98. The van der Waals surface area contributed by atoms with Crippen LogP contribution in [-0.2, 0) is 18.9 Å². The summed E-state index contributed by atoms with van der Waals surface area (Å²) in [5.74, 6) is -0.693. The first-order valence-electron chi connectivity index (χ1n) is 3.87. The van der Waals surface area contributed by atoms with E-state index in [0.717, 1.165) is 6.26 Å². The third-order valence-electron chi connectivity index (χ3n) is 0.896. The van der Waals surface area contributed by atoms with Gasteiger partial charge in [0.05, 0.1) is 0 Å². The molecule has 0 rings (SSSR count). The Kier molecular flexibility index (Phi) is 10.4. The van der Waals surface area contributed by atoms with Crippen LogP contribution in [0.2, 0.25) is 0 Å². The van der Waals surface area contributed by atoms with Gasteiger partial charge in [-0.05, 0) is 0 Å². The summed E-state index contributed by atoms with van der Waals surface area (Å²) >= 11 is 0. The highest BCUT2D eigenvalue weighted by Gasteiger charge is 2.02. The van der Waals surface area contributed by atoms with Gasteiger partial charge >= 0.3 is 8.25 Å². The van der Waals surface area contributed by atoms with Crippen LogP contribution in [0, 0.1) is 0 Å². The molecular formula is C6H17O5PS. The van der Waals surface area contributed by atoms with Crippen LogP contribution in [0.4, 0.5) is 0 Å². The van der Waals surface area contributed by atoms with E-state index >= 15 is 0 Å². The predicted octanol–water partition coefficient (Wildman–Crippen LogP) is 1.19. The minimum absolute atomic E-state index is 0.693. The number of hydrogen-bond donors (Lipinski definition) is 1. The summed E-state index contributed by atoms with van der Waals surface area (Å²) in [5.41, 5.74) is 0. The van der Waals surface area contributed by atoms with Crippen molar-refractivity contribution in [1.29, 1.82) is 0 Å². The Balaban J connectivity index is 0. The van der Waals surface area contributed by atoms with E-state index in [0.29, 0.717) is 0 Å². The van der Waals surface area contributed by atoms with Crippen LogP contribution in [0.25, 0.3) is 0 Å². The summed E-state index contributed by atoms with van der Waals surface area (Å²) in [7, 11) is -6.37. The summed E-state index contributed by atoms with van der Waals surface area (Å²) < 4.78 is 34.0. The molecule has 0 aromatic carbocycles. The SMILES string of the molecule is CCCC.CS(=O)(=O)CO[PH](=O)O. The van der Waals surface area contributed by atoms with Gasteiger partial charge < -0.3 is 4.89 Å². The van der Waals surface area contributed by atoms with E-state index in [4.69, 9.17) is 4.89 Å². The van der Waals surface area contributed by atoms with Gasteiger partial charge in [0.1, 0.15) is 0 Å². The third-order valence-corrected chi connectivity index (χ3v) is 2.04. The van der Waals surface area contributed by atoms with Gasteiger partial charge in [-0.15, -0.1) is 0 Å². The summed E-state index contributed by atoms with van der Waals surface area (Å²) in [6.07, 6.45) is 3.55. The second-order valence-corrected chi connectivity index (χ2v) is 5.36. The summed E-state index contributed by atoms with van der Waals surface area (Å²) in [5, 5.41) is 0. The number of rotatable bonds is 4. The van der Waals surface area contributed by atoms with Crippen LogP contribution in [0.5, 0.6) is 0 Å². The minimum Gasteiger partial charge on any atom is -0.326 e. The molecule has 0 spiro atoms. The van der Waals surface area contributed by atoms with Crippen LogP contribution < -0.4 is 0 Å². The van der Waals surface area contributed by atoms with E-state index in [9.17, 15) is 13.0 Å². The molecule has 0 heterocycles. The van der Waals surface area contributed by atoms with Crippen molar-refractivity contribution in [3.05, 3.63) is 0 Å². The van der Waals surface area contributed by atoms with Gasteiger partial charge in [-0.2, -0.15) is 0 Å². The van der Waals surface area contributed by atoms with Crippen LogP contribution in [0.3, 0.4) is 0 Å². The fourth-order valence-corrected chi connectivity index (χ4v) is 1.42. The Morgan fingerprint density at radius 2 is 1.69 bits per heavy atom. The van der Waals surface area contributed by atoms with Gasteiger partial charge in [-0.1, -0.05) is 26.7 Å². The molecule has 0 saturated carbocycles. The number of sulfone groups is 1. The number of unbranched alkanes of at least 4 members (excludes halogenated alkanes) is 1. The first-order chi connectivity index (χ1) is 5.83. The Bertz CT molecular complexity index is 221. The fourth-order valence-electron chi connectivity index (χ4n) is 0.157. The molecule has 0 aromatic rings. The summed E-state index contributed by atoms with van der Waals surface area (Å²) in [6.45, 7) is 4.36. The molecule has 1 unspecified atom stereocenters. The zero-order valence-electron chi connectivity index (χ0n) is 8.11. The second kappa shape index (κ2) is 8.69. The van der Waals surface area contributed by atoms with Crippen molar-refractivity contribution in [2.24, 2.45) is 0 Å². The van der Waals surface area contributed by atoms with Crippen molar-refractivity contribution in [2.75, 3.05) is 12.2 Å². The van der Waals surface area contributed by atoms with Crippen molar-refractivity contribution in [1.82, 2.24) is 0 Å². The first-order valence-corrected chi connectivity index (χ1v) is 7.19. The van der Waals surface area contributed by atoms with E-state index in [2.05, 4.69) is 18.4 Å². The molecule has 0 aliphatic heterocycles. The lowest BCUT2D eigenvalue weighted by Gasteiger charge is -1.94. The van der Waals surface area contributed by atoms with Crippen LogP contribution in [0.15, 0.2) is 0 Å². The molecule has 1 atom stereocenters. The lowest BCUT2D eigenvalue weighted by Crippen LogP contribution is -2.02. The van der Waals surface area contributed by atoms with E-state index in [-0.39, 0.29) is 0 Å². The maximum Gasteiger partial charge on any atom is 0.317 e. The largest absolute Gasteiger partial charge is 0.326 e. The average Bonchev–Trinajstić information content (AvgIpc) is 2.00. The van der Waals surface area contributed by atoms with Crippen LogP contribution >= 0.6 is 8.25 Å². The van der Waals surface area contributed by atoms with Crippen molar-refractivity contribution in [3.63, 3.8) is 0 Å². The van der Waals surface area contributed by atoms with Crippen molar-refractivity contribution >= 4 is 18.1 Å². The quantitative estimate of drug-likeness (QED) is 0.736. The van der Waals surface area contributed by atoms with E-state index in [1.807, 2.05) is 0 Å². The van der Waals surface area contributed by atoms with Gasteiger partial charge in [0.15, 0.2) is 15.8 Å². The highest BCUT2D eigenvalue weighted by molar-refractivity contribution is 7.90. The second-order valence-electron chi connectivity index (χ2n) is 2.45. The molecule has 7 heteroatoms. The molecule has 0 aliphatic carbocycles. The maximum absolute atomic E-state index is 10.2. The molecular weight excluding hydrogens is 215 g/mol. The molecule has 0 amide bonds. The van der Waals surface area contributed by atoms with Gasteiger partial charge in [0, 0.05) is 6.26 Å². The summed E-state index contributed by atoms with van der Waals surface area (Å²) in [6, 6.07) is 0. The fraction of sp³-hybridized carbons (Fsp3) is 1.00. The Hall–Kier alpha value is 0.1000. The molecule has 1 N–H and O–H groups in total. The molecule has 0 bridgehead atoms. The molecule has 0 aliphatic rings. The van der Waals surface area contributed by atoms with Gasteiger partial charge in [-0.25, -0.2) is 8.42 Å². The molecule has 0 radical (unpaired) electrons. The predicted molar refractivity (Wildman–Crippen MR) is 52.6 cm³/mol. The topological polar surface area (TPSA) is 80.7 Å². The normalized spacial score (nSPS) is 12.9. The Morgan fingerprint density at radius 3 is 1.77 bits per heavy atom. The molecule has 82 valence electrons. The zero-order valence-corrected chi connectivity index (χ0v) is 9.93. The standard InChI is InChI=1S/C4H10.C2H7O5PS/c1-3-4-2;1-9(5,6)2-7-8(3)4/h3-4H2,1-2H3;8H,2H2,1H3,(H,3,4). The highest BCUT2D eigenvalue weighted by Crippen LogP contribution is 2.14. The average molecular weight is 232 g/mol. The number of hydrogen-bond acceptors (Lipinski definition) is 4. The van der Waals surface area contributed by atoms with Gasteiger partial charge in [-0.3, -0.25) is 9.09 Å². The molecule has 0 saturated heterocycles. The Labute approximate surface area is 80.0 Å². The van der Waals surface area contributed by atoms with E-state index in [1.165, 1.54) is 12.8 Å². The van der Waals surface area contributed by atoms with E-state index in [1.54, 1.807) is 0 Å². The Morgan fingerprint density at radius 1 is 1.31 bits per heavy atom. The van der Waals surface area contributed by atoms with Crippen LogP contribution in [0.1, 0.15) is 26.7 Å². The van der Waals surface area contributed by atoms with E-state index < -0.39 is 24.0 Å². The first kappa shape index (κ1) is 15.6. The molecule has 5 nitrogen and oxygen atoms in total. The third kappa shape index (κ3) is 24.5. The highest BCUT2D eigenvalue weighted by atomic mass is 32.2. The minimum atomic E-state index is -3.28. The zero-order chi connectivity index (χ0) is 10.9. The lowest BCUT2D eigenvalue weighted by atomic mass is 10.4. The van der Waals surface area contributed by atoms with Gasteiger partial charge in [0.25, 0.3) is 0 Å². The molecule has 0 aromatic heterocycles. The van der Waals surface area contributed by atoms with Gasteiger partial charge in [0.2, 0.25) is 0 Å². The lowest BCUT2D eigenvalue weighted by molar-refractivity contribution is 0.323. The monoisotopic (exact) mass is 232 g/mol. The molecule has 0 fully saturated rings. The van der Waals surface area contributed by atoms with Crippen molar-refractivity contribution < 1.29 is 22.4 Å².